The van der Waals surface area contributed by atoms with Crippen LogP contribution in [0.3, 0.4) is 0 Å². The van der Waals surface area contributed by atoms with Crippen LogP contribution >= 0.6 is 0 Å². The number of aromatic amines is 2. The van der Waals surface area contributed by atoms with Gasteiger partial charge in [-0.05, 0) is 20.9 Å². The van der Waals surface area contributed by atoms with E-state index >= 15 is 0 Å². The molecule has 0 radical (unpaired) electrons. The molecule has 0 saturated carbocycles. The summed E-state index contributed by atoms with van der Waals surface area (Å²) in [6, 6.07) is 0. The van der Waals surface area contributed by atoms with Gasteiger partial charge in [0, 0.05) is 0 Å². The fourth-order valence-corrected chi connectivity index (χ4v) is 0.519. The summed E-state index contributed by atoms with van der Waals surface area (Å²) in [5.74, 6) is 0.509. The molecular formula is C3H7N11. The number of H-pyrrole nitrogens is 2. The van der Waals surface area contributed by atoms with E-state index in [1.165, 1.54) is 0 Å². The predicted molar refractivity (Wildman–Crippen MR) is 43.5 cm³/mol. The number of rotatable bonds is 1. The molecule has 11 nitrogen and oxygen atoms in total. The Bertz CT molecular complexity index is 321. The Labute approximate surface area is 76.8 Å². The van der Waals surface area contributed by atoms with Gasteiger partial charge in [-0.2, -0.15) is 0 Å². The first-order valence-electron chi connectivity index (χ1n) is 3.27. The number of aromatic nitrogens is 8. The Kier molecular flexibility index (Phi) is 3.01. The summed E-state index contributed by atoms with van der Waals surface area (Å²) in [6.45, 7) is 0. The molecule has 2 aromatic heterocycles. The smallest absolute Gasteiger partial charge is 0.218 e. The second-order valence-electron chi connectivity index (χ2n) is 1.96. The van der Waals surface area contributed by atoms with Crippen LogP contribution in [0.4, 0.5) is 0 Å². The maximum absolute atomic E-state index is 6.06. The third kappa shape index (κ3) is 2.80. The van der Waals surface area contributed by atoms with Gasteiger partial charge in [-0.1, -0.05) is 0 Å². The number of guanidine groups is 1. The molecule has 0 aromatic carbocycles. The van der Waals surface area contributed by atoms with Crippen LogP contribution in [0, 0.1) is 5.41 Å². The van der Waals surface area contributed by atoms with E-state index in [1.54, 1.807) is 0 Å². The molecule has 2 heterocycles. The summed E-state index contributed by atoms with van der Waals surface area (Å²) < 4.78 is 0. The van der Waals surface area contributed by atoms with Crippen molar-refractivity contribution in [3.05, 3.63) is 0 Å². The van der Waals surface area contributed by atoms with Crippen LogP contribution in [0.1, 0.15) is 0 Å². The third-order valence-electron chi connectivity index (χ3n) is 0.915. The Hall–Kier alpha value is -2.59. The van der Waals surface area contributed by atoms with Gasteiger partial charge in [0.05, 0.1) is 0 Å². The molecule has 0 aliphatic rings. The zero-order valence-electron chi connectivity index (χ0n) is 6.84. The van der Waals surface area contributed by atoms with Crippen molar-refractivity contribution in [1.82, 2.24) is 41.2 Å². The molecule has 2 aromatic rings. The number of hydrogen-bond donors (Lipinski definition) is 5. The molecule has 0 bridgehead atoms. The van der Waals surface area contributed by atoms with Crippen molar-refractivity contribution < 1.29 is 0 Å². The van der Waals surface area contributed by atoms with E-state index in [0.717, 1.165) is 0 Å². The maximum atomic E-state index is 6.06. The van der Waals surface area contributed by atoms with Crippen molar-refractivity contribution in [2.24, 2.45) is 11.5 Å². The van der Waals surface area contributed by atoms with E-state index < -0.39 is 0 Å². The van der Waals surface area contributed by atoms with Gasteiger partial charge in [0.2, 0.25) is 11.6 Å². The molecule has 0 saturated heterocycles. The highest BCUT2D eigenvalue weighted by atomic mass is 15.5. The molecule has 14 heavy (non-hydrogen) atoms. The Morgan fingerprint density at radius 2 is 1.36 bits per heavy atom. The number of nitrogens with one attached hydrogen (secondary N) is 3. The summed E-state index contributed by atoms with van der Waals surface area (Å²) in [4.78, 5) is 0. The van der Waals surface area contributed by atoms with Crippen molar-refractivity contribution in [2.45, 2.75) is 0 Å². The van der Waals surface area contributed by atoms with Gasteiger partial charge in [-0.25, -0.2) is 10.2 Å². The Morgan fingerprint density at radius 3 is 1.57 bits per heavy atom. The number of tetrazole rings is 2. The third-order valence-corrected chi connectivity index (χ3v) is 0.915. The van der Waals surface area contributed by atoms with Crippen LogP contribution in [0.5, 0.6) is 0 Å². The van der Waals surface area contributed by atoms with Gasteiger partial charge < -0.3 is 11.5 Å². The molecule has 74 valence electrons. The van der Waals surface area contributed by atoms with Gasteiger partial charge in [0.15, 0.2) is 5.96 Å². The molecule has 11 heteroatoms. The van der Waals surface area contributed by atoms with Crippen molar-refractivity contribution >= 4 is 5.96 Å². The summed E-state index contributed by atoms with van der Waals surface area (Å²) in [6.07, 6.45) is 0. The molecule has 0 unspecified atom stereocenters. The highest BCUT2D eigenvalue weighted by molar-refractivity contribution is 5.71. The normalized spacial score (nSPS) is 8.86. The lowest BCUT2D eigenvalue weighted by Gasteiger charge is -1.78. The van der Waals surface area contributed by atoms with Gasteiger partial charge in [-0.3, -0.25) is 5.41 Å². The topological polar surface area (TPSA) is 185 Å². The lowest BCUT2D eigenvalue weighted by atomic mass is 10.6. The van der Waals surface area contributed by atoms with Crippen LogP contribution in [0.25, 0.3) is 11.6 Å². The number of nitrogens with zero attached hydrogens (tertiary/aromatic N) is 6. The highest BCUT2D eigenvalue weighted by Crippen LogP contribution is 1.99. The lowest BCUT2D eigenvalue weighted by Crippen LogP contribution is -2.20. The molecule has 0 spiro atoms. The van der Waals surface area contributed by atoms with E-state index in [1.807, 2.05) is 0 Å². The summed E-state index contributed by atoms with van der Waals surface area (Å²) in [7, 11) is 0. The van der Waals surface area contributed by atoms with Crippen molar-refractivity contribution in [2.75, 3.05) is 0 Å². The largest absolute Gasteiger partial charge is 0.370 e. The maximum Gasteiger partial charge on any atom is 0.218 e. The average Bonchev–Trinajstić information content (AvgIpc) is 2.76. The zero-order valence-corrected chi connectivity index (χ0v) is 6.84. The first-order valence-corrected chi connectivity index (χ1v) is 3.27. The molecule has 0 atom stereocenters. The zero-order chi connectivity index (χ0) is 10.4. The second-order valence-corrected chi connectivity index (χ2v) is 1.96. The summed E-state index contributed by atoms with van der Waals surface area (Å²) >= 11 is 0. The van der Waals surface area contributed by atoms with E-state index in [-0.39, 0.29) is 5.96 Å². The standard InChI is InChI=1S/C2H2N8.CH5N3/c3-1(4-8-7-3)2-5-9-10-6-2;2-1(3)4/h(H,3,4,7,8)(H,5,6,9,10);(H5,2,3,4). The quantitative estimate of drug-likeness (QED) is 0.240. The van der Waals surface area contributed by atoms with Crippen LogP contribution in [0.15, 0.2) is 0 Å². The highest BCUT2D eigenvalue weighted by Gasteiger charge is 2.03. The Morgan fingerprint density at radius 1 is 1.00 bits per heavy atom. The van der Waals surface area contributed by atoms with E-state index in [4.69, 9.17) is 5.41 Å². The van der Waals surface area contributed by atoms with Crippen molar-refractivity contribution in [1.29, 1.82) is 5.41 Å². The molecule has 0 fully saturated rings. The summed E-state index contributed by atoms with van der Waals surface area (Å²) in [5, 5.41) is 31.5. The van der Waals surface area contributed by atoms with Gasteiger partial charge >= 0.3 is 0 Å². The lowest BCUT2D eigenvalue weighted by molar-refractivity contribution is 0.881. The molecule has 2 rings (SSSR count). The van der Waals surface area contributed by atoms with Crippen LogP contribution < -0.4 is 11.5 Å². The van der Waals surface area contributed by atoms with Gasteiger partial charge in [-0.15, -0.1) is 10.2 Å². The van der Waals surface area contributed by atoms with Crippen LogP contribution in [-0.4, -0.2) is 47.2 Å². The van der Waals surface area contributed by atoms with E-state index in [9.17, 15) is 0 Å². The monoisotopic (exact) mass is 197 g/mol. The molecule has 7 N–H and O–H groups in total. The first-order chi connectivity index (χ1) is 6.70. The average molecular weight is 197 g/mol. The minimum absolute atomic E-state index is 0.333. The van der Waals surface area contributed by atoms with Crippen molar-refractivity contribution in [3.8, 4) is 11.6 Å². The van der Waals surface area contributed by atoms with E-state index in [0.29, 0.717) is 11.6 Å². The van der Waals surface area contributed by atoms with Gasteiger partial charge in [0.1, 0.15) is 0 Å². The second kappa shape index (κ2) is 4.44. The molecule has 0 aliphatic heterocycles. The van der Waals surface area contributed by atoms with Crippen molar-refractivity contribution in [3.63, 3.8) is 0 Å². The predicted octanol–water partition coefficient (Wildman–Crippen LogP) is -2.78. The fraction of sp³-hybridized carbons (Fsp3) is 0. The minimum atomic E-state index is -0.333. The fourth-order valence-electron chi connectivity index (χ4n) is 0.519. The van der Waals surface area contributed by atoms with E-state index in [2.05, 4.69) is 52.7 Å². The Balaban J connectivity index is 0.000000213. The number of hydrogen-bond acceptors (Lipinski definition) is 7. The number of nitrogens with two attached hydrogens (primary N) is 2. The van der Waals surface area contributed by atoms with Crippen LogP contribution in [-0.2, 0) is 0 Å². The summed E-state index contributed by atoms with van der Waals surface area (Å²) in [5.41, 5.74) is 8.94. The minimum Gasteiger partial charge on any atom is -0.370 e. The van der Waals surface area contributed by atoms with Crippen LogP contribution in [0.2, 0.25) is 0 Å². The first kappa shape index (κ1) is 9.50. The molecule has 0 aliphatic carbocycles. The molecular weight excluding hydrogens is 190 g/mol. The van der Waals surface area contributed by atoms with Gasteiger partial charge in [0.25, 0.3) is 0 Å². The molecule has 0 amide bonds. The SMILES string of the molecule is N=C(N)N.n1n[nH]c(-c2nnn[nH]2)n1.